The van der Waals surface area contributed by atoms with E-state index in [-0.39, 0.29) is 11.9 Å². The molecule has 0 aliphatic carbocycles. The summed E-state index contributed by atoms with van der Waals surface area (Å²) < 4.78 is 0. The number of nitrogens with zero attached hydrogens (tertiary/aromatic N) is 3. The predicted molar refractivity (Wildman–Crippen MR) is 65.8 cm³/mol. The third kappa shape index (κ3) is 2.93. The highest BCUT2D eigenvalue weighted by atomic mass is 16.2. The van der Waals surface area contributed by atoms with E-state index in [1.54, 1.807) is 6.92 Å². The SMILES string of the molecule is CC(=O)N1CCC(Nc2nc(C)cc(C)n2)C1. The van der Waals surface area contributed by atoms with Crippen molar-refractivity contribution < 1.29 is 4.79 Å². The average Bonchev–Trinajstić information content (AvgIpc) is 2.64. The zero-order valence-electron chi connectivity index (χ0n) is 10.5. The third-order valence-electron chi connectivity index (χ3n) is 2.95. The number of carbonyl (C=O) groups is 1. The van der Waals surface area contributed by atoms with Gasteiger partial charge in [0.05, 0.1) is 0 Å². The second kappa shape index (κ2) is 4.69. The first-order valence-corrected chi connectivity index (χ1v) is 5.89. The van der Waals surface area contributed by atoms with E-state index in [4.69, 9.17) is 0 Å². The van der Waals surface area contributed by atoms with Gasteiger partial charge in [0.25, 0.3) is 0 Å². The Morgan fingerprint density at radius 3 is 2.59 bits per heavy atom. The van der Waals surface area contributed by atoms with Crippen molar-refractivity contribution in [2.24, 2.45) is 0 Å². The van der Waals surface area contributed by atoms with E-state index in [2.05, 4.69) is 15.3 Å². The molecule has 0 saturated carbocycles. The molecule has 5 nitrogen and oxygen atoms in total. The van der Waals surface area contributed by atoms with Gasteiger partial charge in [0.15, 0.2) is 0 Å². The van der Waals surface area contributed by atoms with Crippen LogP contribution >= 0.6 is 0 Å². The fourth-order valence-corrected chi connectivity index (χ4v) is 2.14. The van der Waals surface area contributed by atoms with E-state index in [0.717, 1.165) is 30.9 Å². The molecular weight excluding hydrogens is 216 g/mol. The van der Waals surface area contributed by atoms with Crippen molar-refractivity contribution in [1.29, 1.82) is 0 Å². The molecule has 1 aliphatic heterocycles. The Balaban J connectivity index is 2.00. The van der Waals surface area contributed by atoms with E-state index in [1.807, 2.05) is 24.8 Å². The van der Waals surface area contributed by atoms with Crippen LogP contribution in [0.5, 0.6) is 0 Å². The largest absolute Gasteiger partial charge is 0.350 e. The van der Waals surface area contributed by atoms with Crippen LogP contribution in [0.15, 0.2) is 6.07 Å². The molecular formula is C12H18N4O. The fourth-order valence-electron chi connectivity index (χ4n) is 2.14. The molecule has 92 valence electrons. The molecule has 0 bridgehead atoms. The maximum atomic E-state index is 11.2. The minimum Gasteiger partial charge on any atom is -0.350 e. The number of aromatic nitrogens is 2. The van der Waals surface area contributed by atoms with Crippen LogP contribution < -0.4 is 5.32 Å². The summed E-state index contributed by atoms with van der Waals surface area (Å²) in [5.41, 5.74) is 1.92. The first-order valence-electron chi connectivity index (χ1n) is 5.89. The summed E-state index contributed by atoms with van der Waals surface area (Å²) in [5.74, 6) is 0.800. The van der Waals surface area contributed by atoms with E-state index in [1.165, 1.54) is 0 Å². The van der Waals surface area contributed by atoms with Crippen LogP contribution in [0.25, 0.3) is 0 Å². The first-order chi connectivity index (χ1) is 8.04. The Morgan fingerprint density at radius 1 is 1.41 bits per heavy atom. The zero-order valence-corrected chi connectivity index (χ0v) is 10.5. The highest BCUT2D eigenvalue weighted by molar-refractivity contribution is 5.73. The molecule has 0 radical (unpaired) electrons. The molecule has 0 aromatic carbocycles. The van der Waals surface area contributed by atoms with Gasteiger partial charge < -0.3 is 10.2 Å². The monoisotopic (exact) mass is 234 g/mol. The molecule has 0 spiro atoms. The number of aryl methyl sites for hydroxylation is 2. The number of carbonyl (C=O) groups excluding carboxylic acids is 1. The first kappa shape index (κ1) is 11.8. The average molecular weight is 234 g/mol. The van der Waals surface area contributed by atoms with Gasteiger partial charge in [0.1, 0.15) is 0 Å². The maximum absolute atomic E-state index is 11.2. The maximum Gasteiger partial charge on any atom is 0.223 e. The third-order valence-corrected chi connectivity index (χ3v) is 2.95. The van der Waals surface area contributed by atoms with Crippen LogP contribution in [0.1, 0.15) is 24.7 Å². The van der Waals surface area contributed by atoms with Crippen LogP contribution in [-0.2, 0) is 4.79 Å². The summed E-state index contributed by atoms with van der Waals surface area (Å²) >= 11 is 0. The van der Waals surface area contributed by atoms with E-state index >= 15 is 0 Å². The smallest absolute Gasteiger partial charge is 0.223 e. The van der Waals surface area contributed by atoms with Gasteiger partial charge in [0, 0.05) is 37.4 Å². The number of hydrogen-bond acceptors (Lipinski definition) is 4. The number of hydrogen-bond donors (Lipinski definition) is 1. The number of nitrogens with one attached hydrogen (secondary N) is 1. The van der Waals surface area contributed by atoms with Crippen LogP contribution in [0.2, 0.25) is 0 Å². The van der Waals surface area contributed by atoms with E-state index in [0.29, 0.717) is 5.95 Å². The van der Waals surface area contributed by atoms with E-state index < -0.39 is 0 Å². The standard InChI is InChI=1S/C12H18N4O/c1-8-6-9(2)14-12(13-8)15-11-4-5-16(7-11)10(3)17/h6,11H,4-5,7H2,1-3H3,(H,13,14,15). The quantitative estimate of drug-likeness (QED) is 0.833. The molecule has 2 rings (SSSR count). The Labute approximate surface area is 101 Å². The van der Waals surface area contributed by atoms with Gasteiger partial charge in [0.2, 0.25) is 11.9 Å². The van der Waals surface area contributed by atoms with Gasteiger partial charge in [-0.25, -0.2) is 9.97 Å². The molecule has 5 heteroatoms. The van der Waals surface area contributed by atoms with Gasteiger partial charge in [-0.2, -0.15) is 0 Å². The molecule has 1 unspecified atom stereocenters. The van der Waals surface area contributed by atoms with Gasteiger partial charge in [-0.3, -0.25) is 4.79 Å². The Bertz CT molecular complexity index is 412. The van der Waals surface area contributed by atoms with Crippen molar-refractivity contribution in [2.75, 3.05) is 18.4 Å². The van der Waals surface area contributed by atoms with Crippen LogP contribution in [0.4, 0.5) is 5.95 Å². The van der Waals surface area contributed by atoms with Crippen LogP contribution in [-0.4, -0.2) is 39.9 Å². The molecule has 1 N–H and O–H groups in total. The van der Waals surface area contributed by atoms with Gasteiger partial charge >= 0.3 is 0 Å². The molecule has 1 aromatic rings. The zero-order chi connectivity index (χ0) is 12.4. The molecule has 1 saturated heterocycles. The summed E-state index contributed by atoms with van der Waals surface area (Å²) in [5, 5.41) is 3.29. The second-order valence-corrected chi connectivity index (χ2v) is 4.57. The van der Waals surface area contributed by atoms with Crippen molar-refractivity contribution >= 4 is 11.9 Å². The lowest BCUT2D eigenvalue weighted by Gasteiger charge is -2.15. The highest BCUT2D eigenvalue weighted by Crippen LogP contribution is 2.14. The lowest BCUT2D eigenvalue weighted by Crippen LogP contribution is -2.30. The van der Waals surface area contributed by atoms with Gasteiger partial charge in [-0.1, -0.05) is 0 Å². The van der Waals surface area contributed by atoms with Crippen molar-refractivity contribution in [2.45, 2.75) is 33.2 Å². The van der Waals surface area contributed by atoms with Crippen molar-refractivity contribution in [3.8, 4) is 0 Å². The highest BCUT2D eigenvalue weighted by Gasteiger charge is 2.24. The van der Waals surface area contributed by atoms with Crippen molar-refractivity contribution in [1.82, 2.24) is 14.9 Å². The number of anilines is 1. The number of likely N-dealkylation sites (tertiary alicyclic amines) is 1. The molecule has 1 amide bonds. The second-order valence-electron chi connectivity index (χ2n) is 4.57. The fraction of sp³-hybridized carbons (Fsp3) is 0.583. The summed E-state index contributed by atoms with van der Waals surface area (Å²) in [4.78, 5) is 21.8. The Morgan fingerprint density at radius 2 is 2.06 bits per heavy atom. The van der Waals surface area contributed by atoms with Crippen LogP contribution in [0, 0.1) is 13.8 Å². The molecule has 1 atom stereocenters. The summed E-state index contributed by atoms with van der Waals surface area (Å²) in [6.07, 6.45) is 0.954. The molecule has 1 fully saturated rings. The van der Waals surface area contributed by atoms with E-state index in [9.17, 15) is 4.79 Å². The molecule has 1 aromatic heterocycles. The summed E-state index contributed by atoms with van der Waals surface area (Å²) in [6.45, 7) is 7.08. The normalized spacial score (nSPS) is 19.5. The minimum atomic E-state index is 0.135. The van der Waals surface area contributed by atoms with Crippen molar-refractivity contribution in [3.63, 3.8) is 0 Å². The minimum absolute atomic E-state index is 0.135. The number of rotatable bonds is 2. The summed E-state index contributed by atoms with van der Waals surface area (Å²) in [7, 11) is 0. The van der Waals surface area contributed by atoms with Gasteiger partial charge in [-0.05, 0) is 26.3 Å². The van der Waals surface area contributed by atoms with Crippen molar-refractivity contribution in [3.05, 3.63) is 17.5 Å². The topological polar surface area (TPSA) is 58.1 Å². The Kier molecular flexibility index (Phi) is 3.26. The summed E-state index contributed by atoms with van der Waals surface area (Å²) in [6, 6.07) is 2.21. The molecule has 2 heterocycles. The predicted octanol–water partition coefficient (Wildman–Crippen LogP) is 1.13. The van der Waals surface area contributed by atoms with Gasteiger partial charge in [-0.15, -0.1) is 0 Å². The molecule has 17 heavy (non-hydrogen) atoms. The lowest BCUT2D eigenvalue weighted by molar-refractivity contribution is -0.127. The molecule has 1 aliphatic rings. The Hall–Kier alpha value is -1.65. The lowest BCUT2D eigenvalue weighted by atomic mass is 10.3. The number of amides is 1. The van der Waals surface area contributed by atoms with Crippen LogP contribution in [0.3, 0.4) is 0 Å².